The molecule has 0 aliphatic carbocycles. The summed E-state index contributed by atoms with van der Waals surface area (Å²) in [5, 5.41) is 4.00. The van der Waals surface area contributed by atoms with Crippen LogP contribution in [0, 0.1) is 0 Å². The number of sulfonamides is 1. The maximum Gasteiger partial charge on any atom is 0.262 e. The van der Waals surface area contributed by atoms with E-state index in [2.05, 4.69) is 15.1 Å². The summed E-state index contributed by atoms with van der Waals surface area (Å²) in [4.78, 5) is 8.31. The summed E-state index contributed by atoms with van der Waals surface area (Å²) < 4.78 is 44.4. The van der Waals surface area contributed by atoms with Crippen LogP contribution < -0.4 is 0 Å². The molecule has 1 atom stereocenters. The van der Waals surface area contributed by atoms with Crippen LogP contribution in [-0.2, 0) is 33.2 Å². The summed E-state index contributed by atoms with van der Waals surface area (Å²) in [6.45, 7) is 1.45. The summed E-state index contributed by atoms with van der Waals surface area (Å²) in [6, 6.07) is -0.466. The molecule has 0 spiro atoms. The van der Waals surface area contributed by atoms with E-state index in [9.17, 15) is 8.42 Å². The first-order valence-corrected chi connectivity index (χ1v) is 9.85. The highest BCUT2D eigenvalue weighted by atomic mass is 32.2. The van der Waals surface area contributed by atoms with Crippen molar-refractivity contribution < 1.29 is 22.4 Å². The smallest absolute Gasteiger partial charge is 0.262 e. The first kappa shape index (κ1) is 19.0. The van der Waals surface area contributed by atoms with E-state index in [-0.39, 0.29) is 11.6 Å². The average Bonchev–Trinajstić information content (AvgIpc) is 3.28. The number of nitrogens with zero attached hydrogens (tertiary/aromatic N) is 5. The lowest BCUT2D eigenvalue weighted by Crippen LogP contribution is -2.39. The Labute approximate surface area is 152 Å². The third-order valence-corrected chi connectivity index (χ3v) is 5.94. The number of aryl methyl sites for hydroxylation is 1. The first-order valence-electron chi connectivity index (χ1n) is 8.41. The van der Waals surface area contributed by atoms with Crippen LogP contribution in [-0.4, -0.2) is 59.3 Å². The molecule has 3 rings (SSSR count). The Morgan fingerprint density at radius 1 is 1.35 bits per heavy atom. The normalized spacial score (nSPS) is 19.1. The minimum atomic E-state index is -3.72. The van der Waals surface area contributed by atoms with Gasteiger partial charge in [0, 0.05) is 26.9 Å². The quantitative estimate of drug-likeness (QED) is 0.616. The molecular formula is C15H23N5O5S. The van der Waals surface area contributed by atoms with Gasteiger partial charge < -0.3 is 18.6 Å². The van der Waals surface area contributed by atoms with Crippen molar-refractivity contribution in [1.29, 1.82) is 0 Å². The lowest BCUT2D eigenvalue weighted by molar-refractivity contribution is 0.0494. The fourth-order valence-corrected chi connectivity index (χ4v) is 4.48. The SMILES string of the molecule is COCCOCc1nc(C2CCCCN2S(=O)(=O)c2cn(C)cn2)no1. The second kappa shape index (κ2) is 8.25. The van der Waals surface area contributed by atoms with E-state index in [1.807, 2.05) is 0 Å². The van der Waals surface area contributed by atoms with Crippen molar-refractivity contribution in [2.45, 2.75) is 36.9 Å². The lowest BCUT2D eigenvalue weighted by atomic mass is 10.0. The predicted octanol–water partition coefficient (Wildman–Crippen LogP) is 0.882. The highest BCUT2D eigenvalue weighted by Gasteiger charge is 2.38. The van der Waals surface area contributed by atoms with Crippen LogP contribution in [0.25, 0.3) is 0 Å². The molecule has 10 nitrogen and oxygen atoms in total. The molecule has 0 aromatic carbocycles. The number of methoxy groups -OCH3 is 1. The van der Waals surface area contributed by atoms with Crippen LogP contribution in [0.1, 0.15) is 37.0 Å². The Bertz CT molecular complexity index is 818. The number of imidazole rings is 1. The van der Waals surface area contributed by atoms with Gasteiger partial charge in [-0.3, -0.25) is 0 Å². The molecule has 1 saturated heterocycles. The molecule has 3 heterocycles. The van der Waals surface area contributed by atoms with Gasteiger partial charge in [-0.1, -0.05) is 11.6 Å². The van der Waals surface area contributed by atoms with Gasteiger partial charge in [0.05, 0.1) is 25.6 Å². The van der Waals surface area contributed by atoms with E-state index in [4.69, 9.17) is 14.0 Å². The van der Waals surface area contributed by atoms with E-state index in [0.29, 0.717) is 37.9 Å². The van der Waals surface area contributed by atoms with Crippen molar-refractivity contribution in [2.75, 3.05) is 26.9 Å². The minimum Gasteiger partial charge on any atom is -0.382 e. The van der Waals surface area contributed by atoms with Gasteiger partial charge in [0.1, 0.15) is 6.61 Å². The maximum absolute atomic E-state index is 13.0. The highest BCUT2D eigenvalue weighted by Crippen LogP contribution is 2.33. The number of piperidine rings is 1. The summed E-state index contributed by atoms with van der Waals surface area (Å²) in [5.41, 5.74) is 0. The molecule has 144 valence electrons. The van der Waals surface area contributed by atoms with Crippen LogP contribution >= 0.6 is 0 Å². The van der Waals surface area contributed by atoms with Gasteiger partial charge in [0.2, 0.25) is 0 Å². The minimum absolute atomic E-state index is 0.0264. The standard InChI is InChI=1S/C15H23N5O5S/c1-19-9-14(16-11-19)26(21,22)20-6-4-3-5-12(20)15-17-13(25-18-15)10-24-8-7-23-2/h9,11-12H,3-8,10H2,1-2H3. The molecule has 1 aliphatic rings. The highest BCUT2D eigenvalue weighted by molar-refractivity contribution is 7.89. The molecule has 1 aliphatic heterocycles. The number of aromatic nitrogens is 4. The average molecular weight is 385 g/mol. The van der Waals surface area contributed by atoms with Gasteiger partial charge >= 0.3 is 0 Å². The van der Waals surface area contributed by atoms with Crippen molar-refractivity contribution in [3.05, 3.63) is 24.2 Å². The van der Waals surface area contributed by atoms with E-state index >= 15 is 0 Å². The Hall–Kier alpha value is -1.82. The number of rotatable bonds is 8. The van der Waals surface area contributed by atoms with Crippen LogP contribution in [0.2, 0.25) is 0 Å². The van der Waals surface area contributed by atoms with E-state index in [1.165, 1.54) is 16.8 Å². The van der Waals surface area contributed by atoms with Crippen LogP contribution in [0.4, 0.5) is 0 Å². The monoisotopic (exact) mass is 385 g/mol. The predicted molar refractivity (Wildman–Crippen MR) is 89.5 cm³/mol. The molecular weight excluding hydrogens is 362 g/mol. The van der Waals surface area contributed by atoms with E-state index < -0.39 is 16.1 Å². The zero-order valence-electron chi connectivity index (χ0n) is 14.9. The fourth-order valence-electron chi connectivity index (χ4n) is 2.86. The van der Waals surface area contributed by atoms with Gasteiger partial charge in [-0.25, -0.2) is 13.4 Å². The molecule has 2 aromatic heterocycles. The van der Waals surface area contributed by atoms with Gasteiger partial charge in [0.15, 0.2) is 10.9 Å². The molecule has 1 fully saturated rings. The molecule has 0 N–H and O–H groups in total. The summed E-state index contributed by atoms with van der Waals surface area (Å²) in [5.74, 6) is 0.673. The van der Waals surface area contributed by atoms with Crippen molar-refractivity contribution in [3.8, 4) is 0 Å². The summed E-state index contributed by atoms with van der Waals surface area (Å²) in [6.07, 6.45) is 5.28. The zero-order chi connectivity index (χ0) is 18.6. The topological polar surface area (TPSA) is 113 Å². The zero-order valence-corrected chi connectivity index (χ0v) is 15.7. The van der Waals surface area contributed by atoms with Crippen molar-refractivity contribution in [1.82, 2.24) is 24.0 Å². The largest absolute Gasteiger partial charge is 0.382 e. The fraction of sp³-hybridized carbons (Fsp3) is 0.667. The van der Waals surface area contributed by atoms with Crippen LogP contribution in [0.15, 0.2) is 22.1 Å². The maximum atomic E-state index is 13.0. The van der Waals surface area contributed by atoms with Gasteiger partial charge in [-0.2, -0.15) is 9.29 Å². The van der Waals surface area contributed by atoms with Gasteiger partial charge in [0.25, 0.3) is 15.9 Å². The van der Waals surface area contributed by atoms with Crippen LogP contribution in [0.3, 0.4) is 0 Å². The molecule has 26 heavy (non-hydrogen) atoms. The molecule has 0 amide bonds. The van der Waals surface area contributed by atoms with Crippen molar-refractivity contribution >= 4 is 10.0 Å². The third-order valence-electron chi connectivity index (χ3n) is 4.15. The molecule has 0 bridgehead atoms. The van der Waals surface area contributed by atoms with Crippen molar-refractivity contribution in [2.24, 2.45) is 7.05 Å². The lowest BCUT2D eigenvalue weighted by Gasteiger charge is -2.31. The Morgan fingerprint density at radius 2 is 2.19 bits per heavy atom. The second-order valence-electron chi connectivity index (χ2n) is 6.10. The Morgan fingerprint density at radius 3 is 2.92 bits per heavy atom. The number of hydrogen-bond acceptors (Lipinski definition) is 8. The molecule has 2 aromatic rings. The molecule has 0 radical (unpaired) electrons. The number of ether oxygens (including phenoxy) is 2. The Kier molecular flexibility index (Phi) is 6.01. The molecule has 11 heteroatoms. The molecule has 0 saturated carbocycles. The summed E-state index contributed by atoms with van der Waals surface area (Å²) in [7, 11) is -0.400. The first-order chi connectivity index (χ1) is 12.5. The van der Waals surface area contributed by atoms with Crippen molar-refractivity contribution in [3.63, 3.8) is 0 Å². The van der Waals surface area contributed by atoms with Gasteiger partial charge in [-0.05, 0) is 12.8 Å². The molecule has 1 unspecified atom stereocenters. The third kappa shape index (κ3) is 4.11. The number of hydrogen-bond donors (Lipinski definition) is 0. The van der Waals surface area contributed by atoms with Gasteiger partial charge in [-0.15, -0.1) is 0 Å². The van der Waals surface area contributed by atoms with Crippen LogP contribution in [0.5, 0.6) is 0 Å². The second-order valence-corrected chi connectivity index (χ2v) is 7.93. The summed E-state index contributed by atoms with van der Waals surface area (Å²) >= 11 is 0. The Balaban J connectivity index is 1.76. The van der Waals surface area contributed by atoms with E-state index in [1.54, 1.807) is 18.7 Å². The van der Waals surface area contributed by atoms with E-state index in [0.717, 1.165) is 12.8 Å².